The molecule has 8 heteroatoms. The molecule has 0 saturated carbocycles. The van der Waals surface area contributed by atoms with Crippen molar-refractivity contribution in [2.75, 3.05) is 13.1 Å². The van der Waals surface area contributed by atoms with Gasteiger partial charge in [0.05, 0.1) is 0 Å². The van der Waals surface area contributed by atoms with Crippen molar-refractivity contribution in [2.45, 2.75) is 25.2 Å². The summed E-state index contributed by atoms with van der Waals surface area (Å²) in [7, 11) is -3.51. The van der Waals surface area contributed by atoms with Gasteiger partial charge in [-0.25, -0.2) is 13.1 Å². The lowest BCUT2D eigenvalue weighted by molar-refractivity contribution is 0.390. The van der Waals surface area contributed by atoms with Crippen LogP contribution in [0.3, 0.4) is 0 Å². The van der Waals surface area contributed by atoms with E-state index >= 15 is 0 Å². The van der Waals surface area contributed by atoms with Crippen LogP contribution in [0.2, 0.25) is 0 Å². The molecule has 0 bridgehead atoms. The molecule has 0 aliphatic heterocycles. The third-order valence-corrected chi connectivity index (χ3v) is 3.61. The van der Waals surface area contributed by atoms with Gasteiger partial charge in [0.25, 0.3) is 0 Å². The van der Waals surface area contributed by atoms with Gasteiger partial charge < -0.3 is 10.3 Å². The Hall–Kier alpha value is -0.630. The molecular weight excluding hydrogens is 254 g/mol. The Morgan fingerprint density at radius 2 is 2.06 bits per heavy atom. The van der Waals surface area contributed by atoms with Crippen LogP contribution >= 0.6 is 12.4 Å². The first-order valence-electron chi connectivity index (χ1n) is 4.61. The second-order valence-electron chi connectivity index (χ2n) is 3.19. The average molecular weight is 270 g/mol. The monoisotopic (exact) mass is 269 g/mol. The van der Waals surface area contributed by atoms with Crippen molar-refractivity contribution in [3.63, 3.8) is 0 Å². The van der Waals surface area contributed by atoms with Crippen molar-refractivity contribution < 1.29 is 12.9 Å². The highest BCUT2D eigenvalue weighted by atomic mass is 35.5. The predicted octanol–water partition coefficient (Wildman–Crippen LogP) is 0.340. The van der Waals surface area contributed by atoms with Crippen molar-refractivity contribution in [2.24, 2.45) is 5.73 Å². The van der Waals surface area contributed by atoms with Crippen LogP contribution in [-0.4, -0.2) is 26.7 Å². The third-order valence-electron chi connectivity index (χ3n) is 1.91. The summed E-state index contributed by atoms with van der Waals surface area (Å²) in [5.74, 6) is 0.299. The number of nitrogens with zero attached hydrogens (tertiary/aromatic N) is 1. The highest BCUT2D eigenvalue weighted by Gasteiger charge is 2.23. The first-order valence-corrected chi connectivity index (χ1v) is 6.10. The summed E-state index contributed by atoms with van der Waals surface area (Å²) in [6, 6.07) is 0. The SMILES string of the molecule is Cc1noc(C)c1S(=O)(=O)NCCCN.Cl. The molecule has 1 aromatic heterocycles. The number of aryl methyl sites for hydroxylation is 2. The van der Waals surface area contributed by atoms with E-state index in [0.29, 0.717) is 31.0 Å². The number of hydrogen-bond donors (Lipinski definition) is 2. The van der Waals surface area contributed by atoms with Crippen LogP contribution in [0.15, 0.2) is 9.42 Å². The van der Waals surface area contributed by atoms with Crippen LogP contribution in [0.1, 0.15) is 17.9 Å². The minimum absolute atomic E-state index is 0. The molecule has 0 spiro atoms. The third kappa shape index (κ3) is 3.44. The van der Waals surface area contributed by atoms with Crippen LogP contribution in [0, 0.1) is 13.8 Å². The van der Waals surface area contributed by atoms with E-state index < -0.39 is 10.0 Å². The Bertz CT molecular complexity index is 410. The van der Waals surface area contributed by atoms with Crippen molar-refractivity contribution in [1.29, 1.82) is 0 Å². The second-order valence-corrected chi connectivity index (χ2v) is 4.90. The number of sulfonamides is 1. The van der Waals surface area contributed by atoms with E-state index in [2.05, 4.69) is 9.88 Å². The standard InChI is InChI=1S/C8H15N3O3S.ClH/c1-6-8(7(2)14-11-6)15(12,13)10-5-3-4-9;/h10H,3-5,9H2,1-2H3;1H. The number of nitrogens with two attached hydrogens (primary N) is 1. The van der Waals surface area contributed by atoms with E-state index in [-0.39, 0.29) is 17.3 Å². The lowest BCUT2D eigenvalue weighted by Crippen LogP contribution is -2.27. The van der Waals surface area contributed by atoms with E-state index in [1.54, 1.807) is 13.8 Å². The fourth-order valence-corrected chi connectivity index (χ4v) is 2.64. The van der Waals surface area contributed by atoms with Crippen LogP contribution in [-0.2, 0) is 10.0 Å². The maximum Gasteiger partial charge on any atom is 0.245 e. The normalized spacial score (nSPS) is 11.2. The van der Waals surface area contributed by atoms with Crippen LogP contribution in [0.5, 0.6) is 0 Å². The molecule has 1 rings (SSSR count). The fraction of sp³-hybridized carbons (Fsp3) is 0.625. The number of rotatable bonds is 5. The molecule has 6 nitrogen and oxygen atoms in total. The molecule has 0 saturated heterocycles. The molecule has 0 fully saturated rings. The van der Waals surface area contributed by atoms with E-state index in [0.717, 1.165) is 0 Å². The maximum absolute atomic E-state index is 11.8. The zero-order chi connectivity index (χ0) is 11.5. The smallest absolute Gasteiger partial charge is 0.245 e. The molecule has 0 atom stereocenters. The van der Waals surface area contributed by atoms with E-state index in [1.807, 2.05) is 0 Å². The molecule has 0 aliphatic rings. The first-order chi connectivity index (χ1) is 6.99. The summed E-state index contributed by atoms with van der Waals surface area (Å²) in [5, 5.41) is 3.59. The summed E-state index contributed by atoms with van der Waals surface area (Å²) in [5.41, 5.74) is 5.64. The van der Waals surface area contributed by atoms with Crippen LogP contribution in [0.25, 0.3) is 0 Å². The Morgan fingerprint density at radius 3 is 2.50 bits per heavy atom. The molecule has 0 radical (unpaired) electrons. The summed E-state index contributed by atoms with van der Waals surface area (Å²) in [6.07, 6.45) is 0.600. The Labute approximate surface area is 101 Å². The fourth-order valence-electron chi connectivity index (χ4n) is 1.24. The van der Waals surface area contributed by atoms with Gasteiger partial charge in [-0.05, 0) is 26.8 Å². The van der Waals surface area contributed by atoms with Gasteiger partial charge in [-0.3, -0.25) is 0 Å². The lowest BCUT2D eigenvalue weighted by atomic mass is 10.4. The summed E-state index contributed by atoms with van der Waals surface area (Å²) >= 11 is 0. The molecule has 0 unspecified atom stereocenters. The molecule has 3 N–H and O–H groups in total. The Morgan fingerprint density at radius 1 is 1.44 bits per heavy atom. The van der Waals surface area contributed by atoms with Crippen LogP contribution in [0.4, 0.5) is 0 Å². The van der Waals surface area contributed by atoms with E-state index in [1.165, 1.54) is 0 Å². The van der Waals surface area contributed by atoms with Gasteiger partial charge >= 0.3 is 0 Å². The maximum atomic E-state index is 11.8. The van der Waals surface area contributed by atoms with Gasteiger partial charge in [0.2, 0.25) is 10.0 Å². The van der Waals surface area contributed by atoms with E-state index in [9.17, 15) is 8.42 Å². The van der Waals surface area contributed by atoms with Crippen molar-refractivity contribution in [3.05, 3.63) is 11.5 Å². The quantitative estimate of drug-likeness (QED) is 0.751. The summed E-state index contributed by atoms with van der Waals surface area (Å²) in [4.78, 5) is 0.125. The molecule has 0 aromatic carbocycles. The zero-order valence-corrected chi connectivity index (χ0v) is 10.8. The molecule has 1 heterocycles. The highest BCUT2D eigenvalue weighted by molar-refractivity contribution is 7.89. The van der Waals surface area contributed by atoms with Gasteiger partial charge in [0, 0.05) is 6.54 Å². The minimum Gasteiger partial charge on any atom is -0.360 e. The topological polar surface area (TPSA) is 98.2 Å². The molecular formula is C8H16ClN3O3S. The van der Waals surface area contributed by atoms with E-state index in [4.69, 9.17) is 10.3 Å². The lowest BCUT2D eigenvalue weighted by Gasteiger charge is -2.04. The Kier molecular flexibility index (Phi) is 5.95. The van der Waals surface area contributed by atoms with Gasteiger partial charge in [-0.1, -0.05) is 5.16 Å². The van der Waals surface area contributed by atoms with Crippen molar-refractivity contribution >= 4 is 22.4 Å². The molecule has 0 aliphatic carbocycles. The minimum atomic E-state index is -3.51. The first kappa shape index (κ1) is 15.4. The Balaban J connectivity index is 0.00000225. The van der Waals surface area contributed by atoms with Crippen molar-refractivity contribution in [3.8, 4) is 0 Å². The molecule has 1 aromatic rings. The van der Waals surface area contributed by atoms with Gasteiger partial charge in [0.1, 0.15) is 10.6 Å². The summed E-state index contributed by atoms with van der Waals surface area (Å²) < 4.78 is 30.7. The largest absolute Gasteiger partial charge is 0.360 e. The van der Waals surface area contributed by atoms with Gasteiger partial charge in [-0.15, -0.1) is 12.4 Å². The van der Waals surface area contributed by atoms with Crippen LogP contribution < -0.4 is 10.5 Å². The van der Waals surface area contributed by atoms with Crippen molar-refractivity contribution in [1.82, 2.24) is 9.88 Å². The summed E-state index contributed by atoms with van der Waals surface area (Å²) in [6.45, 7) is 3.93. The zero-order valence-electron chi connectivity index (χ0n) is 9.19. The molecule has 0 amide bonds. The predicted molar refractivity (Wildman–Crippen MR) is 62.1 cm³/mol. The molecule has 16 heavy (non-hydrogen) atoms. The number of halogens is 1. The number of hydrogen-bond acceptors (Lipinski definition) is 5. The number of nitrogens with one attached hydrogen (secondary N) is 1. The average Bonchev–Trinajstić information content (AvgIpc) is 2.46. The molecule has 94 valence electrons. The van der Waals surface area contributed by atoms with Gasteiger partial charge in [-0.2, -0.15) is 0 Å². The highest BCUT2D eigenvalue weighted by Crippen LogP contribution is 2.18. The van der Waals surface area contributed by atoms with Gasteiger partial charge in [0.15, 0.2) is 5.76 Å². The second kappa shape index (κ2) is 6.19. The number of aromatic nitrogens is 1.